The molecule has 0 amide bonds. The molecular formula is C132H80N8O3. The summed E-state index contributed by atoms with van der Waals surface area (Å²) < 4.78 is 22.0. The first-order chi connectivity index (χ1) is 70.8. The molecule has 0 N–H and O–H groups in total. The first-order valence-electron chi connectivity index (χ1n) is 48.9. The molecule has 143 heavy (non-hydrogen) atoms. The van der Waals surface area contributed by atoms with Crippen LogP contribution in [0, 0.1) is 0 Å². The summed E-state index contributed by atoms with van der Waals surface area (Å²) in [5.41, 5.74) is 43.6. The molecule has 0 saturated heterocycles. The van der Waals surface area contributed by atoms with Gasteiger partial charge in [-0.15, -0.1) is 0 Å². The summed E-state index contributed by atoms with van der Waals surface area (Å²) in [5.74, 6) is 4.88. The third-order valence-corrected chi connectivity index (χ3v) is 30.9. The van der Waals surface area contributed by atoms with Crippen molar-refractivity contribution in [3.8, 4) is 146 Å². The Labute approximate surface area is 821 Å². The van der Waals surface area contributed by atoms with Crippen LogP contribution in [0.5, 0.6) is 0 Å². The lowest BCUT2D eigenvalue weighted by Gasteiger charge is -2.30. The van der Waals surface area contributed by atoms with Crippen LogP contribution in [0.1, 0.15) is 73.7 Å². The number of fused-ring (bicyclic) bond motifs is 40. The van der Waals surface area contributed by atoms with Crippen molar-refractivity contribution in [2.24, 2.45) is 0 Å². The van der Waals surface area contributed by atoms with E-state index in [1.807, 2.05) is 115 Å². The van der Waals surface area contributed by atoms with Gasteiger partial charge in [0, 0.05) is 77.8 Å². The van der Waals surface area contributed by atoms with Crippen molar-refractivity contribution in [3.05, 3.63) is 522 Å². The second-order valence-electron chi connectivity index (χ2n) is 38.0. The minimum atomic E-state index is -0.543. The maximum atomic E-state index is 6.68. The van der Waals surface area contributed by atoms with E-state index >= 15 is 0 Å². The van der Waals surface area contributed by atoms with E-state index in [1.165, 1.54) is 139 Å². The van der Waals surface area contributed by atoms with Crippen molar-refractivity contribution in [1.82, 2.24) is 39.5 Å². The van der Waals surface area contributed by atoms with Gasteiger partial charge in [-0.2, -0.15) is 0 Å². The van der Waals surface area contributed by atoms with E-state index in [1.54, 1.807) is 0 Å². The molecule has 0 fully saturated rings. The lowest BCUT2D eigenvalue weighted by atomic mass is 9.70. The van der Waals surface area contributed by atoms with Crippen LogP contribution in [0.4, 0.5) is 0 Å². The van der Waals surface area contributed by atoms with Gasteiger partial charge >= 0.3 is 0 Å². The van der Waals surface area contributed by atoms with Gasteiger partial charge in [0.25, 0.3) is 0 Å². The zero-order valence-electron chi connectivity index (χ0n) is 77.3. The number of nitrogens with zero attached hydrogens (tertiary/aromatic N) is 8. The molecule has 0 radical (unpaired) electrons. The molecular weight excluding hydrogens is 1750 g/mol. The SMILES string of the molecule is CCn1c(-c2cccc3c2-c2ccccc2C32c3ccccc3-c3cc4oc5ccccc5c4cc32)nc2ccccc21.c1ccc(-c2nc(-c3ccccc3)nc(-c3ccc4oc5cc6c(cc5c4c3)-c3ccccc3C63c4ccccc4-c4ccccc43)n2)cc1.c1ccc(-c2nc(-c3ccccc3)nc(-c3cccc4c3-c3ccccc3C43c4ccccc4-c4cc5c(cc43)oc3ccccc35)n2)cc1. The molecule has 6 aliphatic carbocycles. The van der Waals surface area contributed by atoms with Crippen LogP contribution in [-0.2, 0) is 22.8 Å². The van der Waals surface area contributed by atoms with Gasteiger partial charge in [0.15, 0.2) is 34.9 Å². The van der Waals surface area contributed by atoms with Crippen LogP contribution < -0.4 is 0 Å². The molecule has 2 atom stereocenters. The average Bonchev–Trinajstić information content (AvgIpc) is 1.51. The first kappa shape index (κ1) is 80.4. The predicted octanol–water partition coefficient (Wildman–Crippen LogP) is 32.2. The Kier molecular flexibility index (Phi) is 17.4. The summed E-state index contributed by atoms with van der Waals surface area (Å²) in [7, 11) is 0. The van der Waals surface area contributed by atoms with Crippen LogP contribution in [0.25, 0.3) is 223 Å². The molecule has 26 aromatic rings. The Balaban J connectivity index is 0.000000100. The van der Waals surface area contributed by atoms with Crippen LogP contribution >= 0.6 is 0 Å². The maximum Gasteiger partial charge on any atom is 0.164 e. The third-order valence-electron chi connectivity index (χ3n) is 30.9. The molecule has 20 aromatic carbocycles. The smallest absolute Gasteiger partial charge is 0.164 e. The molecule has 6 heterocycles. The summed E-state index contributed by atoms with van der Waals surface area (Å²) >= 11 is 0. The fourth-order valence-electron chi connectivity index (χ4n) is 25.1. The molecule has 0 saturated carbocycles. The monoisotopic (exact) mass is 1820 g/mol. The Morgan fingerprint density at radius 3 is 0.944 bits per heavy atom. The fraction of sp³-hybridized carbons (Fsp3) is 0.0379. The number of para-hydroxylation sites is 4. The summed E-state index contributed by atoms with van der Waals surface area (Å²) in [6.07, 6.45) is 0. The highest BCUT2D eigenvalue weighted by molar-refractivity contribution is 6.14. The number of rotatable bonds is 8. The standard InChI is InChI=1S/2C46H27N3O.C40H26N2O/c1-3-14-28(15-4-1)43-47-44(29-16-5-2-6-17-29)49-45(48-43)33-21-13-24-38-42(33)32-20-8-11-23-37(32)46(38)36-22-10-7-18-30(36)34-26-35-31-19-9-12-25-40(31)50-41(35)27-39(34)46;1-3-13-28(14-4-1)43-47-44(29-15-5-2-6-16-29)49-45(48-43)30-23-24-41-35(25-30)36-26-34-33-19-9-12-22-39(33)46(40(34)27-42(36)50-41)37-20-10-7-17-31(37)32-18-8-11-21-38(32)46;1-2-42-35-20-9-8-19-34(35)41-39(42)27-15-11-18-32-38(27)26-14-4-7-17-31(26)40(32)30-16-6-3-12-24(30)28-23-37-29(22-33(28)40)25-13-5-10-21-36(25)43-37/h2*1-27H;3-23H,2H2,1H3. The summed E-state index contributed by atoms with van der Waals surface area (Å²) in [6.45, 7) is 3.06. The van der Waals surface area contributed by atoms with E-state index in [4.69, 9.17) is 48.1 Å². The number of aromatic nitrogens is 8. The molecule has 2 unspecified atom stereocenters. The van der Waals surface area contributed by atoms with Gasteiger partial charge in [0.1, 0.15) is 39.3 Å². The third kappa shape index (κ3) is 11.4. The van der Waals surface area contributed by atoms with Gasteiger partial charge < -0.3 is 17.8 Å². The van der Waals surface area contributed by atoms with Crippen molar-refractivity contribution in [1.29, 1.82) is 0 Å². The molecule has 11 nitrogen and oxygen atoms in total. The Morgan fingerprint density at radius 2 is 0.490 bits per heavy atom. The number of hydrogen-bond donors (Lipinski definition) is 0. The zero-order valence-corrected chi connectivity index (χ0v) is 77.3. The minimum absolute atomic E-state index is 0.413. The number of aryl methyl sites for hydroxylation is 1. The highest BCUT2D eigenvalue weighted by atomic mass is 16.3. The normalized spacial score (nSPS) is 14.9. The Bertz CT molecular complexity index is 9720. The van der Waals surface area contributed by atoms with E-state index in [2.05, 4.69) is 351 Å². The first-order valence-corrected chi connectivity index (χ1v) is 48.9. The second kappa shape index (κ2) is 30.9. The molecule has 0 bridgehead atoms. The van der Waals surface area contributed by atoms with Gasteiger partial charge in [0.2, 0.25) is 0 Å². The van der Waals surface area contributed by atoms with Crippen LogP contribution in [0.15, 0.2) is 468 Å². The summed E-state index contributed by atoms with van der Waals surface area (Å²) in [6, 6.07) is 162. The second-order valence-corrected chi connectivity index (χ2v) is 38.0. The molecule has 11 heteroatoms. The molecule has 6 aliphatic rings. The van der Waals surface area contributed by atoms with Crippen molar-refractivity contribution < 1.29 is 13.3 Å². The molecule has 666 valence electrons. The number of imidazole rings is 1. The van der Waals surface area contributed by atoms with Crippen molar-refractivity contribution in [3.63, 3.8) is 0 Å². The van der Waals surface area contributed by atoms with Crippen LogP contribution in [0.3, 0.4) is 0 Å². The van der Waals surface area contributed by atoms with E-state index in [-0.39, 0.29) is 0 Å². The molecule has 32 rings (SSSR count). The Hall–Kier alpha value is -18.7. The van der Waals surface area contributed by atoms with Gasteiger partial charge in [-0.1, -0.05) is 376 Å². The van der Waals surface area contributed by atoms with Crippen molar-refractivity contribution >= 4 is 76.8 Å². The van der Waals surface area contributed by atoms with Crippen LogP contribution in [0.2, 0.25) is 0 Å². The number of furan rings is 3. The molecule has 0 aliphatic heterocycles. The Morgan fingerprint density at radius 1 is 0.189 bits per heavy atom. The van der Waals surface area contributed by atoms with Gasteiger partial charge in [-0.05, 0) is 219 Å². The molecule has 3 spiro atoms. The highest BCUT2D eigenvalue weighted by Gasteiger charge is 2.56. The quantitative estimate of drug-likeness (QED) is 0.145. The van der Waals surface area contributed by atoms with E-state index in [9.17, 15) is 0 Å². The lowest BCUT2D eigenvalue weighted by Crippen LogP contribution is -2.25. The van der Waals surface area contributed by atoms with E-state index < -0.39 is 16.2 Å². The van der Waals surface area contributed by atoms with E-state index in [0.717, 1.165) is 123 Å². The molecule has 6 aromatic heterocycles. The van der Waals surface area contributed by atoms with Crippen molar-refractivity contribution in [2.75, 3.05) is 0 Å². The average molecular weight is 1830 g/mol. The highest BCUT2D eigenvalue weighted by Crippen LogP contribution is 2.69. The summed E-state index contributed by atoms with van der Waals surface area (Å²) in [5, 5.41) is 6.70. The van der Waals surface area contributed by atoms with Crippen molar-refractivity contribution in [2.45, 2.75) is 29.7 Å². The van der Waals surface area contributed by atoms with Gasteiger partial charge in [-0.25, -0.2) is 34.9 Å². The minimum Gasteiger partial charge on any atom is -0.456 e. The predicted molar refractivity (Wildman–Crippen MR) is 574 cm³/mol. The number of benzene rings is 20. The maximum absolute atomic E-state index is 6.68. The lowest BCUT2D eigenvalue weighted by molar-refractivity contribution is 0.666. The summed E-state index contributed by atoms with van der Waals surface area (Å²) in [4.78, 5) is 35.5. The van der Waals surface area contributed by atoms with Gasteiger partial charge in [0.05, 0.1) is 27.3 Å². The van der Waals surface area contributed by atoms with Gasteiger partial charge in [-0.3, -0.25) is 0 Å². The van der Waals surface area contributed by atoms with E-state index in [0.29, 0.717) is 34.9 Å². The number of hydrogen-bond acceptors (Lipinski definition) is 10. The largest absolute Gasteiger partial charge is 0.456 e. The fourth-order valence-corrected chi connectivity index (χ4v) is 25.1. The van der Waals surface area contributed by atoms with Crippen LogP contribution in [-0.4, -0.2) is 39.5 Å². The topological polar surface area (TPSA) is 135 Å². The zero-order chi connectivity index (χ0) is 93.9.